The highest BCUT2D eigenvalue weighted by Crippen LogP contribution is 2.35. The standard InChI is InChI=1S/C21H35N3O2S/c1-4-22-21(23-14-7-8-15-27-3)24-16-17-10-9-13-19(25-2)20(17)26-18-11-5-6-12-18/h9-10,13,18H,4-8,11-12,14-16H2,1-3H3,(H2,22,23,24). The Kier molecular flexibility index (Phi) is 10.3. The number of hydrogen-bond donors (Lipinski definition) is 2. The summed E-state index contributed by atoms with van der Waals surface area (Å²) in [6.45, 7) is 4.45. The van der Waals surface area contributed by atoms with Crippen LogP contribution in [-0.2, 0) is 6.54 Å². The molecule has 1 aliphatic rings. The number of para-hydroxylation sites is 1. The van der Waals surface area contributed by atoms with Crippen molar-refractivity contribution in [2.75, 3.05) is 32.2 Å². The van der Waals surface area contributed by atoms with Gasteiger partial charge in [-0.2, -0.15) is 11.8 Å². The van der Waals surface area contributed by atoms with Crippen LogP contribution in [0.2, 0.25) is 0 Å². The fourth-order valence-electron chi connectivity index (χ4n) is 3.24. The molecular formula is C21H35N3O2S. The van der Waals surface area contributed by atoms with Crippen LogP contribution in [0.5, 0.6) is 11.5 Å². The summed E-state index contributed by atoms with van der Waals surface area (Å²) >= 11 is 1.90. The van der Waals surface area contributed by atoms with E-state index < -0.39 is 0 Å². The highest BCUT2D eigenvalue weighted by atomic mass is 32.2. The number of thioether (sulfide) groups is 1. The SMILES string of the molecule is CCNC(=NCc1cccc(OC)c1OC1CCCC1)NCCCCSC. The van der Waals surface area contributed by atoms with Gasteiger partial charge in [0.1, 0.15) is 0 Å². The van der Waals surface area contributed by atoms with Gasteiger partial charge in [0, 0.05) is 18.7 Å². The summed E-state index contributed by atoms with van der Waals surface area (Å²) in [7, 11) is 1.70. The predicted octanol–water partition coefficient (Wildman–Crippen LogP) is 4.21. The van der Waals surface area contributed by atoms with Gasteiger partial charge in [0.05, 0.1) is 19.8 Å². The molecule has 6 heteroatoms. The Balaban J connectivity index is 2.02. The molecule has 0 saturated heterocycles. The van der Waals surface area contributed by atoms with Crippen molar-refractivity contribution in [1.82, 2.24) is 10.6 Å². The van der Waals surface area contributed by atoms with Crippen LogP contribution in [0.4, 0.5) is 0 Å². The molecule has 0 heterocycles. The number of benzene rings is 1. The zero-order valence-corrected chi connectivity index (χ0v) is 17.9. The lowest BCUT2D eigenvalue weighted by Crippen LogP contribution is -2.37. The molecule has 0 amide bonds. The Hall–Kier alpha value is -1.56. The molecule has 0 aromatic heterocycles. The maximum Gasteiger partial charge on any atom is 0.191 e. The van der Waals surface area contributed by atoms with Gasteiger partial charge in [-0.05, 0) is 63.5 Å². The highest BCUT2D eigenvalue weighted by Gasteiger charge is 2.20. The van der Waals surface area contributed by atoms with E-state index in [2.05, 4.69) is 29.9 Å². The van der Waals surface area contributed by atoms with Gasteiger partial charge < -0.3 is 20.1 Å². The van der Waals surface area contributed by atoms with Crippen molar-refractivity contribution >= 4 is 17.7 Å². The molecule has 2 N–H and O–H groups in total. The fourth-order valence-corrected chi connectivity index (χ4v) is 3.73. The van der Waals surface area contributed by atoms with Crippen LogP contribution in [-0.4, -0.2) is 44.3 Å². The molecule has 1 aromatic carbocycles. The second kappa shape index (κ2) is 12.8. The molecule has 1 fully saturated rings. The van der Waals surface area contributed by atoms with Crippen LogP contribution in [0, 0.1) is 0 Å². The van der Waals surface area contributed by atoms with Gasteiger partial charge >= 0.3 is 0 Å². The molecule has 5 nitrogen and oxygen atoms in total. The van der Waals surface area contributed by atoms with Crippen LogP contribution < -0.4 is 20.1 Å². The summed E-state index contributed by atoms with van der Waals surface area (Å²) in [4.78, 5) is 4.77. The first-order chi connectivity index (χ1) is 13.3. The average molecular weight is 394 g/mol. The Labute approximate surface area is 168 Å². The molecule has 0 spiro atoms. The van der Waals surface area contributed by atoms with Crippen molar-refractivity contribution < 1.29 is 9.47 Å². The molecule has 0 atom stereocenters. The third-order valence-corrected chi connectivity index (χ3v) is 5.38. The predicted molar refractivity (Wildman–Crippen MR) is 116 cm³/mol. The van der Waals surface area contributed by atoms with E-state index in [-0.39, 0.29) is 0 Å². The smallest absolute Gasteiger partial charge is 0.191 e. The fraction of sp³-hybridized carbons (Fsp3) is 0.667. The minimum atomic E-state index is 0.298. The zero-order valence-electron chi connectivity index (χ0n) is 17.1. The maximum absolute atomic E-state index is 6.31. The van der Waals surface area contributed by atoms with Gasteiger partial charge in [-0.1, -0.05) is 12.1 Å². The maximum atomic E-state index is 6.31. The third-order valence-electron chi connectivity index (χ3n) is 4.69. The molecule has 0 bridgehead atoms. The lowest BCUT2D eigenvalue weighted by atomic mass is 10.1. The number of guanidine groups is 1. The summed E-state index contributed by atoms with van der Waals surface area (Å²) in [6.07, 6.45) is 9.58. The Morgan fingerprint density at radius 2 is 2.04 bits per heavy atom. The van der Waals surface area contributed by atoms with Crippen LogP contribution in [0.15, 0.2) is 23.2 Å². The summed E-state index contributed by atoms with van der Waals surface area (Å²) in [5.74, 6) is 3.72. The molecule has 0 unspecified atom stereocenters. The van der Waals surface area contributed by atoms with Gasteiger partial charge in [0.15, 0.2) is 17.5 Å². The van der Waals surface area contributed by atoms with Crippen LogP contribution in [0.1, 0.15) is 51.0 Å². The van der Waals surface area contributed by atoms with Crippen molar-refractivity contribution in [3.63, 3.8) is 0 Å². The minimum absolute atomic E-state index is 0.298. The van der Waals surface area contributed by atoms with Crippen LogP contribution >= 0.6 is 11.8 Å². The van der Waals surface area contributed by atoms with E-state index in [1.807, 2.05) is 23.9 Å². The van der Waals surface area contributed by atoms with E-state index >= 15 is 0 Å². The number of hydrogen-bond acceptors (Lipinski definition) is 4. The number of nitrogens with one attached hydrogen (secondary N) is 2. The summed E-state index contributed by atoms with van der Waals surface area (Å²) in [5.41, 5.74) is 1.07. The molecule has 0 aliphatic heterocycles. The average Bonchev–Trinajstić information content (AvgIpc) is 3.19. The molecule has 1 saturated carbocycles. The lowest BCUT2D eigenvalue weighted by molar-refractivity contribution is 0.198. The normalized spacial score (nSPS) is 15.0. The number of aliphatic imine (C=N–C) groups is 1. The van der Waals surface area contributed by atoms with Crippen molar-refractivity contribution in [3.8, 4) is 11.5 Å². The summed E-state index contributed by atoms with van der Waals surface area (Å²) < 4.78 is 11.9. The molecule has 2 rings (SSSR count). The van der Waals surface area contributed by atoms with Gasteiger partial charge in [0.25, 0.3) is 0 Å². The first-order valence-corrected chi connectivity index (χ1v) is 11.5. The van der Waals surface area contributed by atoms with Gasteiger partial charge in [-0.25, -0.2) is 4.99 Å². The van der Waals surface area contributed by atoms with E-state index in [0.29, 0.717) is 12.6 Å². The zero-order chi connectivity index (χ0) is 19.3. The van der Waals surface area contributed by atoms with Gasteiger partial charge in [0.2, 0.25) is 0 Å². The molecule has 1 aliphatic carbocycles. The molecule has 0 radical (unpaired) electrons. The quantitative estimate of drug-likeness (QED) is 0.335. The number of nitrogens with zero attached hydrogens (tertiary/aromatic N) is 1. The molecule has 27 heavy (non-hydrogen) atoms. The summed E-state index contributed by atoms with van der Waals surface area (Å²) in [5, 5.41) is 6.76. The van der Waals surface area contributed by atoms with Gasteiger partial charge in [-0.15, -0.1) is 0 Å². The van der Waals surface area contributed by atoms with Crippen LogP contribution in [0.3, 0.4) is 0 Å². The van der Waals surface area contributed by atoms with Crippen molar-refractivity contribution in [2.24, 2.45) is 4.99 Å². The van der Waals surface area contributed by atoms with E-state index in [9.17, 15) is 0 Å². The van der Waals surface area contributed by atoms with Gasteiger partial charge in [-0.3, -0.25) is 0 Å². The molecular weight excluding hydrogens is 358 g/mol. The number of rotatable bonds is 11. The minimum Gasteiger partial charge on any atom is -0.493 e. The first-order valence-electron chi connectivity index (χ1n) is 10.1. The topological polar surface area (TPSA) is 54.9 Å². The second-order valence-corrected chi connectivity index (χ2v) is 7.78. The van der Waals surface area contributed by atoms with E-state index in [0.717, 1.165) is 55.4 Å². The van der Waals surface area contributed by atoms with E-state index in [1.165, 1.54) is 25.0 Å². The summed E-state index contributed by atoms with van der Waals surface area (Å²) in [6, 6.07) is 6.05. The number of unbranched alkanes of at least 4 members (excludes halogenated alkanes) is 1. The molecule has 1 aromatic rings. The Morgan fingerprint density at radius 3 is 2.74 bits per heavy atom. The van der Waals surface area contributed by atoms with Crippen molar-refractivity contribution in [3.05, 3.63) is 23.8 Å². The van der Waals surface area contributed by atoms with Crippen LogP contribution in [0.25, 0.3) is 0 Å². The lowest BCUT2D eigenvalue weighted by Gasteiger charge is -2.19. The third kappa shape index (κ3) is 7.53. The van der Waals surface area contributed by atoms with Crippen molar-refractivity contribution in [1.29, 1.82) is 0 Å². The highest BCUT2D eigenvalue weighted by molar-refractivity contribution is 7.98. The Morgan fingerprint density at radius 1 is 1.22 bits per heavy atom. The monoisotopic (exact) mass is 393 g/mol. The Bertz CT molecular complexity index is 575. The number of ether oxygens (including phenoxy) is 2. The first kappa shape index (κ1) is 21.7. The van der Waals surface area contributed by atoms with E-state index in [1.54, 1.807) is 7.11 Å². The van der Waals surface area contributed by atoms with Crippen molar-refractivity contribution in [2.45, 2.75) is 58.1 Å². The molecule has 152 valence electrons. The van der Waals surface area contributed by atoms with E-state index in [4.69, 9.17) is 14.5 Å². The largest absolute Gasteiger partial charge is 0.493 e. The second-order valence-electron chi connectivity index (χ2n) is 6.79. The number of methoxy groups -OCH3 is 1.